The molecule has 4 nitrogen and oxygen atoms in total. The molecule has 26 heavy (non-hydrogen) atoms. The van der Waals surface area contributed by atoms with Gasteiger partial charge < -0.3 is 14.9 Å². The maximum Gasteiger partial charge on any atom is 0.305 e. The highest BCUT2D eigenvalue weighted by molar-refractivity contribution is 5.69. The van der Waals surface area contributed by atoms with Crippen molar-refractivity contribution in [2.45, 2.75) is 44.8 Å². The number of carbonyl (C=O) groups is 1. The molecule has 1 rings (SSSR count). The predicted octanol–water partition coefficient (Wildman–Crippen LogP) is 2.94. The molecule has 0 saturated heterocycles. The van der Waals surface area contributed by atoms with E-state index in [0.29, 0.717) is 25.9 Å². The summed E-state index contributed by atoms with van der Waals surface area (Å²) in [6, 6.07) is 5.99. The summed E-state index contributed by atoms with van der Waals surface area (Å²) in [6.45, 7) is 2.11. The van der Waals surface area contributed by atoms with Gasteiger partial charge in [0.15, 0.2) is 0 Å². The van der Waals surface area contributed by atoms with Gasteiger partial charge in [-0.15, -0.1) is 0 Å². The fourth-order valence-electron chi connectivity index (χ4n) is 2.12. The Balaban J connectivity index is 2.26. The van der Waals surface area contributed by atoms with Crippen molar-refractivity contribution in [2.75, 3.05) is 6.61 Å². The molecule has 0 aromatic heterocycles. The van der Waals surface area contributed by atoms with Gasteiger partial charge in [0.1, 0.15) is 11.9 Å². The van der Waals surface area contributed by atoms with E-state index >= 15 is 0 Å². The lowest BCUT2D eigenvalue weighted by Crippen LogP contribution is -2.07. The first kappa shape index (κ1) is 21.6. The van der Waals surface area contributed by atoms with Crippen molar-refractivity contribution in [1.82, 2.24) is 0 Å². The Morgan fingerprint density at radius 1 is 1.27 bits per heavy atom. The number of hydrogen-bond donors (Lipinski definition) is 2. The van der Waals surface area contributed by atoms with E-state index in [0.717, 1.165) is 5.56 Å². The number of hydrogen-bond acceptors (Lipinski definition) is 4. The van der Waals surface area contributed by atoms with Crippen LogP contribution in [0.25, 0.3) is 0 Å². The molecule has 0 unspecified atom stereocenters. The zero-order valence-electron chi connectivity index (χ0n) is 14.9. The summed E-state index contributed by atoms with van der Waals surface area (Å²) in [5.74, 6) is 4.79. The van der Waals surface area contributed by atoms with E-state index in [-0.39, 0.29) is 18.2 Å². The molecule has 0 amide bonds. The Bertz CT molecular complexity index is 653. The molecular formula is C21H25FO4. The standard InChI is InChI=1S/C21H25FO4/c1-2-26-21(25)11-7-10-19(23)8-5-3-4-6-9-20(24)16-17-12-14-18(22)15-13-17/h3-4,6,9,12-15,19-20,23-24H,2,7,10-11,16H2,1H3/b4-3+,9-6+/t19-,20+/m1/s1. The first-order valence-electron chi connectivity index (χ1n) is 8.62. The smallest absolute Gasteiger partial charge is 0.305 e. The van der Waals surface area contributed by atoms with Crippen LogP contribution in [0, 0.1) is 17.7 Å². The van der Waals surface area contributed by atoms with Crippen LogP contribution in [0.4, 0.5) is 4.39 Å². The van der Waals surface area contributed by atoms with Crippen LogP contribution in [-0.4, -0.2) is 35.0 Å². The van der Waals surface area contributed by atoms with Crippen LogP contribution in [0.5, 0.6) is 0 Å². The number of benzene rings is 1. The van der Waals surface area contributed by atoms with Crippen LogP contribution in [0.3, 0.4) is 0 Å². The van der Waals surface area contributed by atoms with Gasteiger partial charge in [0.25, 0.3) is 0 Å². The van der Waals surface area contributed by atoms with Gasteiger partial charge in [-0.05, 0) is 43.5 Å². The molecule has 0 fully saturated rings. The number of esters is 1. The Labute approximate surface area is 154 Å². The average molecular weight is 360 g/mol. The molecule has 1 aromatic rings. The lowest BCUT2D eigenvalue weighted by atomic mass is 10.1. The molecule has 5 heteroatoms. The zero-order valence-corrected chi connectivity index (χ0v) is 14.9. The summed E-state index contributed by atoms with van der Waals surface area (Å²) in [7, 11) is 0. The SMILES string of the molecule is CCOC(=O)CCC[C@H](O)C#C/C=C/C=C/[C@H](O)Cc1ccc(F)cc1. The summed E-state index contributed by atoms with van der Waals surface area (Å²) in [4.78, 5) is 11.1. The number of allylic oxidation sites excluding steroid dienone is 3. The second-order valence-corrected chi connectivity index (χ2v) is 5.64. The van der Waals surface area contributed by atoms with E-state index in [1.165, 1.54) is 12.1 Å². The fraction of sp³-hybridized carbons (Fsp3) is 0.381. The molecular weight excluding hydrogens is 335 g/mol. The second-order valence-electron chi connectivity index (χ2n) is 5.64. The van der Waals surface area contributed by atoms with Crippen molar-refractivity contribution in [3.63, 3.8) is 0 Å². The largest absolute Gasteiger partial charge is 0.466 e. The molecule has 0 saturated carbocycles. The van der Waals surface area contributed by atoms with Crippen LogP contribution in [-0.2, 0) is 16.0 Å². The highest BCUT2D eigenvalue weighted by atomic mass is 19.1. The Kier molecular flexibility index (Phi) is 10.7. The number of aliphatic hydroxyl groups excluding tert-OH is 2. The minimum atomic E-state index is -0.790. The van der Waals surface area contributed by atoms with Crippen molar-refractivity contribution < 1.29 is 24.1 Å². The molecule has 140 valence electrons. The van der Waals surface area contributed by atoms with E-state index in [2.05, 4.69) is 11.8 Å². The van der Waals surface area contributed by atoms with Gasteiger partial charge in [0.05, 0.1) is 12.7 Å². The van der Waals surface area contributed by atoms with Crippen LogP contribution >= 0.6 is 0 Å². The van der Waals surface area contributed by atoms with E-state index in [1.807, 2.05) is 0 Å². The summed E-state index contributed by atoms with van der Waals surface area (Å²) < 4.78 is 17.6. The maximum atomic E-state index is 12.8. The van der Waals surface area contributed by atoms with E-state index in [9.17, 15) is 19.4 Å². The van der Waals surface area contributed by atoms with Crippen molar-refractivity contribution >= 4 is 5.97 Å². The molecule has 0 aliphatic rings. The fourth-order valence-corrected chi connectivity index (χ4v) is 2.12. The molecule has 0 spiro atoms. The molecule has 0 bridgehead atoms. The molecule has 0 aliphatic carbocycles. The number of ether oxygens (including phenoxy) is 1. The third kappa shape index (κ3) is 10.4. The topological polar surface area (TPSA) is 66.8 Å². The first-order chi connectivity index (χ1) is 12.5. The maximum absolute atomic E-state index is 12.8. The van der Waals surface area contributed by atoms with Crippen molar-refractivity contribution in [3.8, 4) is 11.8 Å². The second kappa shape index (κ2) is 12.9. The highest BCUT2D eigenvalue weighted by Crippen LogP contribution is 2.06. The number of rotatable bonds is 9. The molecule has 0 heterocycles. The van der Waals surface area contributed by atoms with E-state index in [4.69, 9.17) is 4.74 Å². The minimum absolute atomic E-state index is 0.267. The number of carbonyl (C=O) groups excluding carboxylic acids is 1. The molecule has 0 radical (unpaired) electrons. The quantitative estimate of drug-likeness (QED) is 0.404. The molecule has 1 aromatic carbocycles. The zero-order chi connectivity index (χ0) is 19.2. The Morgan fingerprint density at radius 3 is 2.69 bits per heavy atom. The van der Waals surface area contributed by atoms with Crippen molar-refractivity contribution in [1.29, 1.82) is 0 Å². The summed E-state index contributed by atoms with van der Waals surface area (Å²) in [5.41, 5.74) is 0.846. The normalized spacial score (nSPS) is 13.4. The van der Waals surface area contributed by atoms with Gasteiger partial charge in [-0.2, -0.15) is 0 Å². The van der Waals surface area contributed by atoms with Gasteiger partial charge >= 0.3 is 5.97 Å². The summed E-state index contributed by atoms with van der Waals surface area (Å²) in [6.07, 6.45) is 6.63. The third-order valence-corrected chi connectivity index (χ3v) is 3.40. The lowest BCUT2D eigenvalue weighted by Gasteiger charge is -2.04. The van der Waals surface area contributed by atoms with Gasteiger partial charge in [-0.3, -0.25) is 4.79 Å². The van der Waals surface area contributed by atoms with Crippen LogP contribution in [0.2, 0.25) is 0 Å². The van der Waals surface area contributed by atoms with Crippen molar-refractivity contribution in [2.24, 2.45) is 0 Å². The summed E-state index contributed by atoms with van der Waals surface area (Å²) in [5, 5.41) is 19.5. The average Bonchev–Trinajstić information content (AvgIpc) is 2.60. The predicted molar refractivity (Wildman–Crippen MR) is 98.7 cm³/mol. The van der Waals surface area contributed by atoms with Gasteiger partial charge in [-0.1, -0.05) is 42.2 Å². The van der Waals surface area contributed by atoms with Gasteiger partial charge in [-0.25, -0.2) is 4.39 Å². The molecule has 0 aliphatic heterocycles. The molecule has 2 atom stereocenters. The number of aliphatic hydroxyl groups is 2. The highest BCUT2D eigenvalue weighted by Gasteiger charge is 2.04. The van der Waals surface area contributed by atoms with Crippen molar-refractivity contribution in [3.05, 3.63) is 60.0 Å². The Hall–Kier alpha value is -2.42. The van der Waals surface area contributed by atoms with Gasteiger partial charge in [0, 0.05) is 12.8 Å². The van der Waals surface area contributed by atoms with Crippen LogP contribution < -0.4 is 0 Å². The Morgan fingerprint density at radius 2 is 2.00 bits per heavy atom. The number of halogens is 1. The third-order valence-electron chi connectivity index (χ3n) is 3.40. The lowest BCUT2D eigenvalue weighted by molar-refractivity contribution is -0.143. The monoisotopic (exact) mass is 360 g/mol. The van der Waals surface area contributed by atoms with Crippen LogP contribution in [0.15, 0.2) is 48.6 Å². The van der Waals surface area contributed by atoms with E-state index < -0.39 is 12.2 Å². The minimum Gasteiger partial charge on any atom is -0.466 e. The summed E-state index contributed by atoms with van der Waals surface area (Å²) >= 11 is 0. The molecule has 2 N–H and O–H groups in total. The van der Waals surface area contributed by atoms with Gasteiger partial charge in [0.2, 0.25) is 0 Å². The van der Waals surface area contributed by atoms with Crippen LogP contribution in [0.1, 0.15) is 31.7 Å². The first-order valence-corrected chi connectivity index (χ1v) is 8.62. The van der Waals surface area contributed by atoms with E-state index in [1.54, 1.807) is 43.4 Å².